The number of carbonyl (C=O) groups is 1. The highest BCUT2D eigenvalue weighted by Crippen LogP contribution is 2.36. The molecule has 0 spiro atoms. The van der Waals surface area contributed by atoms with Crippen LogP contribution in [0, 0.1) is 0 Å². The van der Waals surface area contributed by atoms with Gasteiger partial charge < -0.3 is 18.9 Å². The summed E-state index contributed by atoms with van der Waals surface area (Å²) in [4.78, 5) is 16.8. The van der Waals surface area contributed by atoms with Gasteiger partial charge in [0.2, 0.25) is 5.90 Å². The Kier molecular flexibility index (Phi) is 5.71. The van der Waals surface area contributed by atoms with Gasteiger partial charge in [0.1, 0.15) is 5.75 Å². The Hall–Kier alpha value is -4.06. The van der Waals surface area contributed by atoms with E-state index in [1.807, 2.05) is 54.6 Å². The maximum Gasteiger partial charge on any atom is 0.363 e. The first-order valence-electron chi connectivity index (χ1n) is 9.61. The second-order valence-corrected chi connectivity index (χ2v) is 6.73. The van der Waals surface area contributed by atoms with Crippen molar-refractivity contribution >= 4 is 17.9 Å². The van der Waals surface area contributed by atoms with Crippen molar-refractivity contribution < 1.29 is 23.7 Å². The van der Waals surface area contributed by atoms with Gasteiger partial charge in [-0.25, -0.2) is 9.79 Å². The van der Waals surface area contributed by atoms with Gasteiger partial charge in [0.05, 0.1) is 21.3 Å². The van der Waals surface area contributed by atoms with E-state index in [1.54, 1.807) is 39.5 Å². The fourth-order valence-corrected chi connectivity index (χ4v) is 3.28. The average molecular weight is 415 g/mol. The van der Waals surface area contributed by atoms with Crippen LogP contribution in [0.3, 0.4) is 0 Å². The Balaban J connectivity index is 1.65. The van der Waals surface area contributed by atoms with Crippen LogP contribution in [0.25, 0.3) is 17.2 Å². The van der Waals surface area contributed by atoms with E-state index >= 15 is 0 Å². The molecule has 4 rings (SSSR count). The van der Waals surface area contributed by atoms with E-state index in [1.165, 1.54) is 0 Å². The topological polar surface area (TPSA) is 66.3 Å². The van der Waals surface area contributed by atoms with Crippen molar-refractivity contribution in [2.24, 2.45) is 4.99 Å². The second-order valence-electron chi connectivity index (χ2n) is 6.73. The van der Waals surface area contributed by atoms with Gasteiger partial charge in [-0.15, -0.1) is 0 Å². The van der Waals surface area contributed by atoms with E-state index < -0.39 is 5.97 Å². The van der Waals surface area contributed by atoms with E-state index in [9.17, 15) is 4.79 Å². The SMILES string of the molecule is COc1cc(OC)c(OC)cc1C=C1N=C(c2ccc(-c3ccccc3)cc2)OC1=O. The number of cyclic esters (lactones) is 1. The predicted molar refractivity (Wildman–Crippen MR) is 119 cm³/mol. The molecule has 0 aromatic heterocycles. The molecule has 0 bridgehead atoms. The van der Waals surface area contributed by atoms with Crippen molar-refractivity contribution in [3.63, 3.8) is 0 Å². The van der Waals surface area contributed by atoms with Gasteiger partial charge >= 0.3 is 5.97 Å². The number of benzene rings is 3. The zero-order valence-electron chi connectivity index (χ0n) is 17.4. The fraction of sp³-hybridized carbons (Fsp3) is 0.120. The molecule has 0 saturated carbocycles. The van der Waals surface area contributed by atoms with Crippen molar-refractivity contribution in [3.8, 4) is 28.4 Å². The molecule has 0 radical (unpaired) electrons. The summed E-state index contributed by atoms with van der Waals surface area (Å²) in [6, 6.07) is 21.2. The molecule has 31 heavy (non-hydrogen) atoms. The minimum Gasteiger partial charge on any atom is -0.496 e. The number of ether oxygens (including phenoxy) is 4. The molecule has 0 aliphatic carbocycles. The molecule has 6 heteroatoms. The summed E-state index contributed by atoms with van der Waals surface area (Å²) in [6.45, 7) is 0. The first-order valence-corrected chi connectivity index (χ1v) is 9.61. The molecule has 0 unspecified atom stereocenters. The number of carbonyl (C=O) groups excluding carboxylic acids is 1. The Labute approximate surface area is 180 Å². The van der Waals surface area contributed by atoms with Gasteiger partial charge in [0.25, 0.3) is 0 Å². The zero-order valence-corrected chi connectivity index (χ0v) is 17.4. The summed E-state index contributed by atoms with van der Waals surface area (Å²) in [5.41, 5.74) is 3.69. The lowest BCUT2D eigenvalue weighted by molar-refractivity contribution is -0.129. The minimum absolute atomic E-state index is 0.174. The van der Waals surface area contributed by atoms with Gasteiger partial charge in [-0.1, -0.05) is 42.5 Å². The lowest BCUT2D eigenvalue weighted by Gasteiger charge is -2.12. The van der Waals surface area contributed by atoms with Crippen molar-refractivity contribution in [2.75, 3.05) is 21.3 Å². The van der Waals surface area contributed by atoms with Crippen LogP contribution in [-0.4, -0.2) is 33.2 Å². The molecule has 3 aromatic carbocycles. The third kappa shape index (κ3) is 4.14. The molecule has 156 valence electrons. The van der Waals surface area contributed by atoms with Crippen LogP contribution in [0.1, 0.15) is 11.1 Å². The summed E-state index contributed by atoms with van der Waals surface area (Å²) in [5.74, 6) is 1.29. The predicted octanol–water partition coefficient (Wildman–Crippen LogP) is 4.72. The highest BCUT2D eigenvalue weighted by Gasteiger charge is 2.25. The molecule has 0 saturated heterocycles. The average Bonchev–Trinajstić information content (AvgIpc) is 3.19. The highest BCUT2D eigenvalue weighted by atomic mass is 16.6. The minimum atomic E-state index is -0.529. The van der Waals surface area contributed by atoms with Crippen molar-refractivity contribution in [1.82, 2.24) is 0 Å². The molecule has 0 N–H and O–H groups in total. The molecule has 3 aromatic rings. The van der Waals surface area contributed by atoms with Crippen molar-refractivity contribution in [2.45, 2.75) is 0 Å². The lowest BCUT2D eigenvalue weighted by Crippen LogP contribution is -2.05. The number of esters is 1. The fourth-order valence-electron chi connectivity index (χ4n) is 3.28. The maximum atomic E-state index is 12.4. The summed E-state index contributed by atoms with van der Waals surface area (Å²) < 4.78 is 21.5. The Morgan fingerprint density at radius 3 is 1.97 bits per heavy atom. The Morgan fingerprint density at radius 1 is 0.742 bits per heavy atom. The number of hydrogen-bond acceptors (Lipinski definition) is 6. The smallest absolute Gasteiger partial charge is 0.363 e. The van der Waals surface area contributed by atoms with Crippen LogP contribution in [0.2, 0.25) is 0 Å². The van der Waals surface area contributed by atoms with Gasteiger partial charge in [0.15, 0.2) is 17.2 Å². The van der Waals surface area contributed by atoms with Gasteiger partial charge in [-0.2, -0.15) is 0 Å². The summed E-state index contributed by atoms with van der Waals surface area (Å²) in [6.07, 6.45) is 1.61. The molecular weight excluding hydrogens is 394 g/mol. The second kappa shape index (κ2) is 8.75. The summed E-state index contributed by atoms with van der Waals surface area (Å²) in [5, 5.41) is 0. The Morgan fingerprint density at radius 2 is 1.32 bits per heavy atom. The van der Waals surface area contributed by atoms with Crippen LogP contribution in [0.5, 0.6) is 17.2 Å². The Bertz CT molecular complexity index is 1160. The van der Waals surface area contributed by atoms with Crippen LogP contribution in [-0.2, 0) is 9.53 Å². The van der Waals surface area contributed by atoms with Gasteiger partial charge in [0, 0.05) is 17.2 Å². The lowest BCUT2D eigenvalue weighted by atomic mass is 10.0. The van der Waals surface area contributed by atoms with Crippen molar-refractivity contribution in [3.05, 3.63) is 83.6 Å². The molecule has 1 aliphatic rings. The summed E-state index contributed by atoms with van der Waals surface area (Å²) in [7, 11) is 4.63. The third-order valence-electron chi connectivity index (χ3n) is 4.89. The van der Waals surface area contributed by atoms with Crippen LogP contribution in [0.15, 0.2) is 77.4 Å². The number of hydrogen-bond donors (Lipinski definition) is 0. The van der Waals surface area contributed by atoms with Crippen LogP contribution in [0.4, 0.5) is 0 Å². The molecule has 0 fully saturated rings. The summed E-state index contributed by atoms with van der Waals surface area (Å²) >= 11 is 0. The third-order valence-corrected chi connectivity index (χ3v) is 4.89. The van der Waals surface area contributed by atoms with Gasteiger partial charge in [-0.05, 0) is 35.4 Å². The molecular formula is C25H21NO5. The standard InChI is InChI=1S/C25H21NO5/c1-28-21-15-23(30-3)22(29-2)14-19(21)13-20-25(27)31-24(26-20)18-11-9-17(10-12-18)16-7-5-4-6-8-16/h4-15H,1-3H3. The van der Waals surface area contributed by atoms with E-state index in [2.05, 4.69) is 4.99 Å². The monoisotopic (exact) mass is 415 g/mol. The normalized spacial score (nSPS) is 14.2. The van der Waals surface area contributed by atoms with E-state index in [0.29, 0.717) is 22.8 Å². The quantitative estimate of drug-likeness (QED) is 0.430. The van der Waals surface area contributed by atoms with Crippen molar-refractivity contribution in [1.29, 1.82) is 0 Å². The largest absolute Gasteiger partial charge is 0.496 e. The molecule has 0 atom stereocenters. The van der Waals surface area contributed by atoms with E-state index in [0.717, 1.165) is 16.7 Å². The zero-order chi connectivity index (χ0) is 21.8. The van der Waals surface area contributed by atoms with Gasteiger partial charge in [-0.3, -0.25) is 0 Å². The number of nitrogens with zero attached hydrogens (tertiary/aromatic N) is 1. The first kappa shape index (κ1) is 20.2. The highest BCUT2D eigenvalue weighted by molar-refractivity contribution is 6.13. The van der Waals surface area contributed by atoms with E-state index in [-0.39, 0.29) is 11.6 Å². The molecule has 1 aliphatic heterocycles. The molecule has 0 amide bonds. The molecule has 1 heterocycles. The maximum absolute atomic E-state index is 12.4. The number of aliphatic imine (C=N–C) groups is 1. The van der Waals surface area contributed by atoms with E-state index in [4.69, 9.17) is 18.9 Å². The number of methoxy groups -OCH3 is 3. The molecule has 6 nitrogen and oxygen atoms in total. The number of rotatable bonds is 6. The van der Waals surface area contributed by atoms with Crippen LogP contribution < -0.4 is 14.2 Å². The van der Waals surface area contributed by atoms with Crippen LogP contribution >= 0.6 is 0 Å². The first-order chi connectivity index (χ1) is 15.1.